The molecule has 3 rings (SSSR count). The lowest BCUT2D eigenvalue weighted by Crippen LogP contribution is -2.28. The molecule has 2 aromatic carbocycles. The minimum absolute atomic E-state index is 0.165. The number of carbonyl (C=O) groups excluding carboxylic acids is 1. The summed E-state index contributed by atoms with van der Waals surface area (Å²) < 4.78 is 15.9. The van der Waals surface area contributed by atoms with E-state index in [1.54, 1.807) is 6.07 Å². The van der Waals surface area contributed by atoms with Gasteiger partial charge in [0.15, 0.2) is 0 Å². The maximum Gasteiger partial charge on any atom is 0.261 e. The highest BCUT2D eigenvalue weighted by molar-refractivity contribution is 14.1. The van der Waals surface area contributed by atoms with Crippen LogP contribution in [0, 0.1) is 13.0 Å². The lowest BCUT2D eigenvalue weighted by molar-refractivity contribution is -0.116. The number of benzene rings is 2. The first-order valence-corrected chi connectivity index (χ1v) is 8.99. The Hall–Kier alpha value is -1.56. The molecule has 0 unspecified atom stereocenters. The Labute approximate surface area is 163 Å². The van der Waals surface area contributed by atoms with Gasteiger partial charge >= 0.3 is 0 Å². The van der Waals surface area contributed by atoms with Crippen molar-refractivity contribution in [3.8, 4) is 0 Å². The molecule has 5 nitrogen and oxygen atoms in total. The summed E-state index contributed by atoms with van der Waals surface area (Å²) in [7, 11) is 0. The van der Waals surface area contributed by atoms with E-state index in [1.807, 2.05) is 6.07 Å². The van der Waals surface area contributed by atoms with Gasteiger partial charge in [0.25, 0.3) is 5.56 Å². The number of anilines is 1. The fourth-order valence-electron chi connectivity index (χ4n) is 2.20. The van der Waals surface area contributed by atoms with Crippen LogP contribution in [-0.2, 0) is 11.3 Å². The van der Waals surface area contributed by atoms with Crippen molar-refractivity contribution in [3.63, 3.8) is 0 Å². The molecule has 3 aromatic rings. The number of amides is 1. The minimum atomic E-state index is -0.384. The molecule has 0 bridgehead atoms. The van der Waals surface area contributed by atoms with Gasteiger partial charge in [0.1, 0.15) is 12.4 Å². The van der Waals surface area contributed by atoms with Gasteiger partial charge in [0, 0.05) is 12.8 Å². The fraction of sp³-hybridized carbons (Fsp3) is 0.0625. The molecular weight excluding hydrogens is 539 g/mol. The van der Waals surface area contributed by atoms with E-state index < -0.39 is 0 Å². The number of fused-ring (bicyclic) bond motifs is 1. The van der Waals surface area contributed by atoms with Crippen molar-refractivity contribution in [2.45, 2.75) is 6.54 Å². The van der Waals surface area contributed by atoms with E-state index in [4.69, 9.17) is 0 Å². The van der Waals surface area contributed by atoms with Crippen LogP contribution in [-0.4, -0.2) is 15.5 Å². The Bertz CT molecular complexity index is 987. The number of hydrogen-bond acceptors (Lipinski definition) is 3. The summed E-state index contributed by atoms with van der Waals surface area (Å²) >= 11 is 4.26. The average Bonchev–Trinajstić information content (AvgIpc) is 2.53. The Kier molecular flexibility index (Phi) is 5.13. The molecule has 0 aliphatic heterocycles. The van der Waals surface area contributed by atoms with Crippen molar-refractivity contribution >= 4 is 67.7 Å². The Morgan fingerprint density at radius 2 is 1.92 bits per heavy atom. The maximum absolute atomic E-state index is 12.9. The molecule has 1 N–H and O–H groups in total. The number of nitrogens with one attached hydrogen (secondary N) is 1. The third kappa shape index (κ3) is 3.74. The second kappa shape index (κ2) is 7.13. The SMILES string of the molecule is O=C(Cn1cnc2c(I)cc(I)cc2c1=O)Nc1ccc(F)cc1. The topological polar surface area (TPSA) is 64.0 Å². The molecule has 0 radical (unpaired) electrons. The molecule has 0 aliphatic carbocycles. The molecule has 0 saturated heterocycles. The normalized spacial score (nSPS) is 10.8. The molecule has 8 heteroatoms. The van der Waals surface area contributed by atoms with Crippen molar-refractivity contribution in [1.82, 2.24) is 9.55 Å². The molecular formula is C16H10FI2N3O2. The predicted molar refractivity (Wildman–Crippen MR) is 106 cm³/mol. The number of carbonyl (C=O) groups is 1. The average molecular weight is 549 g/mol. The Morgan fingerprint density at radius 3 is 2.62 bits per heavy atom. The molecule has 1 amide bonds. The van der Waals surface area contributed by atoms with E-state index >= 15 is 0 Å². The lowest BCUT2D eigenvalue weighted by Gasteiger charge is -2.09. The first-order valence-electron chi connectivity index (χ1n) is 6.83. The van der Waals surface area contributed by atoms with Crippen LogP contribution in [0.3, 0.4) is 0 Å². The van der Waals surface area contributed by atoms with Gasteiger partial charge in [-0.1, -0.05) is 0 Å². The van der Waals surface area contributed by atoms with Crippen LogP contribution in [0.1, 0.15) is 0 Å². The molecule has 0 fully saturated rings. The predicted octanol–water partition coefficient (Wildman–Crippen LogP) is 3.38. The van der Waals surface area contributed by atoms with Gasteiger partial charge < -0.3 is 5.32 Å². The number of hydrogen-bond donors (Lipinski definition) is 1. The van der Waals surface area contributed by atoms with Crippen LogP contribution in [0.15, 0.2) is 47.5 Å². The van der Waals surface area contributed by atoms with Crippen LogP contribution in [0.4, 0.5) is 10.1 Å². The third-order valence-electron chi connectivity index (χ3n) is 3.29. The van der Waals surface area contributed by atoms with Gasteiger partial charge in [-0.3, -0.25) is 14.2 Å². The molecule has 0 saturated carbocycles. The number of rotatable bonds is 3. The van der Waals surface area contributed by atoms with E-state index in [1.165, 1.54) is 35.2 Å². The lowest BCUT2D eigenvalue weighted by atomic mass is 10.2. The number of aromatic nitrogens is 2. The summed E-state index contributed by atoms with van der Waals surface area (Å²) in [6.45, 7) is -0.165. The van der Waals surface area contributed by atoms with Gasteiger partial charge in [0.2, 0.25) is 5.91 Å². The fourth-order valence-corrected chi connectivity index (χ4v) is 4.18. The standard InChI is InChI=1S/C16H10FI2N3O2/c17-9-1-3-11(4-2-9)21-14(23)7-22-8-20-15-12(16(22)24)5-10(18)6-13(15)19/h1-6,8H,7H2,(H,21,23). The van der Waals surface area contributed by atoms with Crippen molar-refractivity contribution in [1.29, 1.82) is 0 Å². The van der Waals surface area contributed by atoms with E-state index in [9.17, 15) is 14.0 Å². The quantitative estimate of drug-likeness (QED) is 0.510. The van der Waals surface area contributed by atoms with E-state index in [0.717, 1.165) is 7.14 Å². The monoisotopic (exact) mass is 549 g/mol. The molecule has 1 heterocycles. The molecule has 0 spiro atoms. The molecule has 0 aliphatic rings. The highest BCUT2D eigenvalue weighted by atomic mass is 127. The Morgan fingerprint density at radius 1 is 1.21 bits per heavy atom. The molecule has 1 aromatic heterocycles. The summed E-state index contributed by atoms with van der Waals surface area (Å²) in [4.78, 5) is 28.9. The van der Waals surface area contributed by atoms with Crippen molar-refractivity contribution in [2.24, 2.45) is 0 Å². The largest absolute Gasteiger partial charge is 0.325 e. The summed E-state index contributed by atoms with van der Waals surface area (Å²) in [6.07, 6.45) is 1.37. The van der Waals surface area contributed by atoms with Crippen molar-refractivity contribution in [2.75, 3.05) is 5.32 Å². The summed E-state index contributed by atoms with van der Waals surface area (Å²) in [6, 6.07) is 9.11. The number of halogens is 3. The summed E-state index contributed by atoms with van der Waals surface area (Å²) in [5, 5.41) is 3.09. The van der Waals surface area contributed by atoms with Crippen LogP contribution < -0.4 is 10.9 Å². The van der Waals surface area contributed by atoms with Crippen molar-refractivity contribution < 1.29 is 9.18 Å². The van der Waals surface area contributed by atoms with E-state index in [-0.39, 0.29) is 23.8 Å². The van der Waals surface area contributed by atoms with Gasteiger partial charge in [-0.15, -0.1) is 0 Å². The van der Waals surface area contributed by atoms with Crippen molar-refractivity contribution in [3.05, 3.63) is 66.0 Å². The molecule has 0 atom stereocenters. The minimum Gasteiger partial charge on any atom is -0.325 e. The van der Waals surface area contributed by atoms with Crippen LogP contribution >= 0.6 is 45.2 Å². The molecule has 24 heavy (non-hydrogen) atoms. The van der Waals surface area contributed by atoms with Gasteiger partial charge in [0.05, 0.1) is 17.2 Å². The van der Waals surface area contributed by atoms with Gasteiger partial charge in [-0.2, -0.15) is 0 Å². The second-order valence-corrected chi connectivity index (χ2v) is 7.42. The second-order valence-electron chi connectivity index (χ2n) is 5.02. The highest BCUT2D eigenvalue weighted by Gasteiger charge is 2.11. The first-order chi connectivity index (χ1) is 11.4. The zero-order chi connectivity index (χ0) is 17.3. The number of nitrogens with zero attached hydrogens (tertiary/aromatic N) is 2. The summed E-state index contributed by atoms with van der Waals surface area (Å²) in [5.41, 5.74) is 0.814. The molecule has 122 valence electrons. The van der Waals surface area contributed by atoms with Gasteiger partial charge in [-0.05, 0) is 81.6 Å². The third-order valence-corrected chi connectivity index (χ3v) is 4.73. The summed E-state index contributed by atoms with van der Waals surface area (Å²) in [5.74, 6) is -0.766. The highest BCUT2D eigenvalue weighted by Crippen LogP contribution is 2.19. The maximum atomic E-state index is 12.9. The van der Waals surface area contributed by atoms with Crippen LogP contribution in [0.2, 0.25) is 0 Å². The van der Waals surface area contributed by atoms with E-state index in [0.29, 0.717) is 16.6 Å². The Balaban J connectivity index is 1.87. The smallest absolute Gasteiger partial charge is 0.261 e. The van der Waals surface area contributed by atoms with Gasteiger partial charge in [-0.25, -0.2) is 9.37 Å². The van der Waals surface area contributed by atoms with E-state index in [2.05, 4.69) is 55.5 Å². The van der Waals surface area contributed by atoms with Crippen LogP contribution in [0.25, 0.3) is 10.9 Å². The first kappa shape index (κ1) is 17.3. The zero-order valence-corrected chi connectivity index (χ0v) is 16.4. The van der Waals surface area contributed by atoms with Crippen LogP contribution in [0.5, 0.6) is 0 Å². The zero-order valence-electron chi connectivity index (χ0n) is 12.1.